The average molecular weight is 501 g/mol. The fraction of sp³-hybridized carbons (Fsp3) is 0.231. The van der Waals surface area contributed by atoms with Gasteiger partial charge in [0, 0.05) is 47.1 Å². The Hall–Kier alpha value is -2.47. The number of carbonyl (C=O) groups is 2. The van der Waals surface area contributed by atoms with E-state index in [1.165, 1.54) is 0 Å². The zero-order valence-corrected chi connectivity index (χ0v) is 20.7. The van der Waals surface area contributed by atoms with Crippen molar-refractivity contribution in [1.82, 2.24) is 10.2 Å². The number of nitrogens with one attached hydrogen (secondary N) is 1. The lowest BCUT2D eigenvalue weighted by Crippen LogP contribution is -2.49. The molecule has 33 heavy (non-hydrogen) atoms. The van der Waals surface area contributed by atoms with Crippen molar-refractivity contribution >= 4 is 46.8 Å². The number of hydrogen-bond donors (Lipinski definition) is 1. The Morgan fingerprint density at radius 3 is 2.27 bits per heavy atom. The van der Waals surface area contributed by atoms with E-state index in [-0.39, 0.29) is 18.4 Å². The third-order valence-corrected chi connectivity index (χ3v) is 6.85. The molecule has 0 spiro atoms. The number of likely N-dealkylation sites (N-methyl/N-ethyl adjacent to an activating group) is 1. The normalized spacial score (nSPS) is 11.6. The van der Waals surface area contributed by atoms with Crippen LogP contribution in [0.2, 0.25) is 10.0 Å². The van der Waals surface area contributed by atoms with Gasteiger partial charge in [0.1, 0.15) is 6.04 Å². The number of thioether (sulfide) groups is 1. The van der Waals surface area contributed by atoms with E-state index in [4.69, 9.17) is 23.2 Å². The summed E-state index contributed by atoms with van der Waals surface area (Å²) in [4.78, 5) is 29.0. The van der Waals surface area contributed by atoms with Crippen LogP contribution in [0, 0.1) is 0 Å². The lowest BCUT2D eigenvalue weighted by atomic mass is 10.0. The van der Waals surface area contributed by atoms with E-state index in [0.717, 1.165) is 16.0 Å². The van der Waals surface area contributed by atoms with Crippen molar-refractivity contribution in [2.45, 2.75) is 30.3 Å². The van der Waals surface area contributed by atoms with Gasteiger partial charge < -0.3 is 10.2 Å². The summed E-state index contributed by atoms with van der Waals surface area (Å²) in [6.07, 6.45) is 0.709. The molecular weight excluding hydrogens is 475 g/mol. The van der Waals surface area contributed by atoms with Crippen molar-refractivity contribution in [3.63, 3.8) is 0 Å². The number of benzene rings is 3. The van der Waals surface area contributed by atoms with Gasteiger partial charge in [0.05, 0.1) is 0 Å². The predicted octanol–water partition coefficient (Wildman–Crippen LogP) is 5.86. The quantitative estimate of drug-likeness (QED) is 0.354. The molecule has 0 bridgehead atoms. The number of amides is 2. The van der Waals surface area contributed by atoms with Gasteiger partial charge in [0.2, 0.25) is 11.8 Å². The molecule has 1 atom stereocenters. The zero-order chi connectivity index (χ0) is 23.6. The minimum atomic E-state index is -0.651. The number of carbonyl (C=O) groups excluding carboxylic acids is 2. The Bertz CT molecular complexity index is 1060. The molecule has 7 heteroatoms. The van der Waals surface area contributed by atoms with Crippen LogP contribution < -0.4 is 5.32 Å². The molecule has 0 heterocycles. The van der Waals surface area contributed by atoms with Gasteiger partial charge in [-0.3, -0.25) is 9.59 Å². The van der Waals surface area contributed by atoms with Gasteiger partial charge in [-0.25, -0.2) is 0 Å². The second-order valence-electron chi connectivity index (χ2n) is 7.49. The summed E-state index contributed by atoms with van der Waals surface area (Å²) in [6.45, 7) is 0.259. The standard InChI is InChI=1S/C26H26Cl2N2O2S/c1-29-26(32)24(17-19-7-3-2-4-8-19)30(18-20-9-5-6-10-23(20)28)25(31)15-16-33-22-13-11-21(27)12-14-22/h2-14,24H,15-18H2,1H3,(H,29,32)/t24-/m1/s1. The first-order chi connectivity index (χ1) is 16.0. The molecule has 3 rings (SSSR count). The summed E-state index contributed by atoms with van der Waals surface area (Å²) in [5, 5.41) is 3.97. The summed E-state index contributed by atoms with van der Waals surface area (Å²) in [5.74, 6) is 0.288. The maximum absolute atomic E-state index is 13.4. The Morgan fingerprint density at radius 1 is 0.939 bits per heavy atom. The van der Waals surface area contributed by atoms with E-state index in [2.05, 4.69) is 5.32 Å². The van der Waals surface area contributed by atoms with Crippen molar-refractivity contribution in [1.29, 1.82) is 0 Å². The molecule has 0 radical (unpaired) electrons. The predicted molar refractivity (Wildman–Crippen MR) is 137 cm³/mol. The minimum absolute atomic E-state index is 0.0964. The number of nitrogens with zero attached hydrogens (tertiary/aromatic N) is 1. The molecule has 172 valence electrons. The maximum Gasteiger partial charge on any atom is 0.242 e. The van der Waals surface area contributed by atoms with Crippen molar-refractivity contribution < 1.29 is 9.59 Å². The van der Waals surface area contributed by atoms with E-state index in [9.17, 15) is 9.59 Å². The van der Waals surface area contributed by atoms with Crippen LogP contribution in [0.5, 0.6) is 0 Å². The summed E-state index contributed by atoms with van der Waals surface area (Å²) >= 11 is 13.9. The molecule has 2 amide bonds. The number of hydrogen-bond acceptors (Lipinski definition) is 3. The van der Waals surface area contributed by atoms with Crippen LogP contribution in [0.1, 0.15) is 17.5 Å². The van der Waals surface area contributed by atoms with Gasteiger partial charge in [-0.15, -0.1) is 11.8 Å². The second-order valence-corrected chi connectivity index (χ2v) is 9.50. The number of halogens is 2. The first-order valence-electron chi connectivity index (χ1n) is 10.6. The van der Waals surface area contributed by atoms with Gasteiger partial charge in [-0.2, -0.15) is 0 Å². The monoisotopic (exact) mass is 500 g/mol. The largest absolute Gasteiger partial charge is 0.357 e. The molecule has 0 aromatic heterocycles. The van der Waals surface area contributed by atoms with Crippen LogP contribution in [0.3, 0.4) is 0 Å². The van der Waals surface area contributed by atoms with Crippen molar-refractivity contribution in [3.05, 3.63) is 100 Å². The SMILES string of the molecule is CNC(=O)[C@@H](Cc1ccccc1)N(Cc1ccccc1Cl)C(=O)CCSc1ccc(Cl)cc1. The Morgan fingerprint density at radius 2 is 1.61 bits per heavy atom. The molecule has 0 fully saturated rings. The molecular formula is C26H26Cl2N2O2S. The van der Waals surface area contributed by atoms with Crippen molar-refractivity contribution in [2.24, 2.45) is 0 Å². The highest BCUT2D eigenvalue weighted by molar-refractivity contribution is 7.99. The van der Waals surface area contributed by atoms with E-state index < -0.39 is 6.04 Å². The van der Waals surface area contributed by atoms with E-state index in [0.29, 0.717) is 28.6 Å². The first-order valence-corrected chi connectivity index (χ1v) is 12.4. The molecule has 4 nitrogen and oxygen atoms in total. The third-order valence-electron chi connectivity index (χ3n) is 5.21. The van der Waals surface area contributed by atoms with Gasteiger partial charge in [-0.05, 0) is 41.5 Å². The highest BCUT2D eigenvalue weighted by Crippen LogP contribution is 2.24. The summed E-state index contributed by atoms with van der Waals surface area (Å²) in [7, 11) is 1.59. The molecule has 0 unspecified atom stereocenters. The van der Waals surface area contributed by atoms with Crippen molar-refractivity contribution in [2.75, 3.05) is 12.8 Å². The smallest absolute Gasteiger partial charge is 0.242 e. The highest BCUT2D eigenvalue weighted by Gasteiger charge is 2.30. The molecule has 3 aromatic carbocycles. The van der Waals surface area contributed by atoms with Crippen LogP contribution in [0.25, 0.3) is 0 Å². The van der Waals surface area contributed by atoms with Crippen LogP contribution >= 0.6 is 35.0 Å². The second kappa shape index (κ2) is 12.7. The minimum Gasteiger partial charge on any atom is -0.357 e. The van der Waals surface area contributed by atoms with E-state index in [1.54, 1.807) is 29.8 Å². The zero-order valence-electron chi connectivity index (χ0n) is 18.3. The van der Waals surface area contributed by atoms with Gasteiger partial charge in [0.25, 0.3) is 0 Å². The fourth-order valence-electron chi connectivity index (χ4n) is 3.46. The van der Waals surface area contributed by atoms with Gasteiger partial charge in [0.15, 0.2) is 0 Å². The summed E-state index contributed by atoms with van der Waals surface area (Å²) in [5.41, 5.74) is 1.79. The molecule has 0 aliphatic heterocycles. The Labute approximate surface area is 209 Å². The van der Waals surface area contributed by atoms with E-state index >= 15 is 0 Å². The molecule has 0 saturated carbocycles. The number of rotatable bonds is 10. The lowest BCUT2D eigenvalue weighted by Gasteiger charge is -2.31. The third kappa shape index (κ3) is 7.53. The average Bonchev–Trinajstić information content (AvgIpc) is 2.83. The molecule has 0 aliphatic rings. The first kappa shape index (κ1) is 25.2. The van der Waals surface area contributed by atoms with Crippen LogP contribution in [0.4, 0.5) is 0 Å². The van der Waals surface area contributed by atoms with E-state index in [1.807, 2.05) is 72.8 Å². The topological polar surface area (TPSA) is 49.4 Å². The molecule has 0 aliphatic carbocycles. The maximum atomic E-state index is 13.4. The lowest BCUT2D eigenvalue weighted by molar-refractivity contribution is -0.140. The summed E-state index contributed by atoms with van der Waals surface area (Å²) in [6, 6.07) is 24.0. The fourth-order valence-corrected chi connectivity index (χ4v) is 4.62. The van der Waals surface area contributed by atoms with Crippen LogP contribution in [-0.4, -0.2) is 35.6 Å². The van der Waals surface area contributed by atoms with Gasteiger partial charge >= 0.3 is 0 Å². The molecule has 0 saturated heterocycles. The highest BCUT2D eigenvalue weighted by atomic mass is 35.5. The van der Waals surface area contributed by atoms with Crippen molar-refractivity contribution in [3.8, 4) is 0 Å². The van der Waals surface area contributed by atoms with Crippen LogP contribution in [-0.2, 0) is 22.6 Å². The summed E-state index contributed by atoms with van der Waals surface area (Å²) < 4.78 is 0. The van der Waals surface area contributed by atoms with Crippen LogP contribution in [0.15, 0.2) is 83.8 Å². The Kier molecular flexibility index (Phi) is 9.67. The Balaban J connectivity index is 1.81. The molecule has 3 aromatic rings. The van der Waals surface area contributed by atoms with Gasteiger partial charge in [-0.1, -0.05) is 71.7 Å². The molecule has 1 N–H and O–H groups in total.